The summed E-state index contributed by atoms with van der Waals surface area (Å²) in [6.07, 6.45) is 3.24. The number of nitrogens with zero attached hydrogens (tertiary/aromatic N) is 1. The summed E-state index contributed by atoms with van der Waals surface area (Å²) in [7, 11) is 0. The molecule has 2 rings (SSSR count). The third-order valence-corrected chi connectivity index (χ3v) is 3.22. The van der Waals surface area contributed by atoms with Crippen LogP contribution in [0.5, 0.6) is 0 Å². The molecule has 1 N–H and O–H groups in total. The van der Waals surface area contributed by atoms with Crippen LogP contribution >= 0.6 is 23.2 Å². The van der Waals surface area contributed by atoms with E-state index in [9.17, 15) is 5.11 Å². The molecular formula is C13H11Cl2NO. The lowest BCUT2D eigenvalue weighted by Gasteiger charge is -2.10. The van der Waals surface area contributed by atoms with E-state index in [-0.39, 0.29) is 0 Å². The topological polar surface area (TPSA) is 33.1 Å². The Hall–Kier alpha value is -1.09. The second-order valence-corrected chi connectivity index (χ2v) is 4.57. The van der Waals surface area contributed by atoms with E-state index in [0.717, 1.165) is 11.1 Å². The number of hydrogen-bond acceptors (Lipinski definition) is 2. The summed E-state index contributed by atoms with van der Waals surface area (Å²) in [5.74, 6) is 0. The Morgan fingerprint density at radius 1 is 1.18 bits per heavy atom. The van der Waals surface area contributed by atoms with Gasteiger partial charge in [0.1, 0.15) is 0 Å². The molecule has 2 nitrogen and oxygen atoms in total. The Balaban J connectivity index is 2.13. The first-order chi connectivity index (χ1) is 8.16. The molecule has 17 heavy (non-hydrogen) atoms. The molecule has 88 valence electrons. The van der Waals surface area contributed by atoms with Gasteiger partial charge < -0.3 is 5.11 Å². The van der Waals surface area contributed by atoms with Crippen LogP contribution in [0, 0.1) is 0 Å². The summed E-state index contributed by atoms with van der Waals surface area (Å²) < 4.78 is 0. The van der Waals surface area contributed by atoms with E-state index < -0.39 is 6.10 Å². The third kappa shape index (κ3) is 3.19. The van der Waals surface area contributed by atoms with E-state index in [1.165, 1.54) is 0 Å². The van der Waals surface area contributed by atoms with E-state index >= 15 is 0 Å². The molecule has 0 saturated carbocycles. The second-order valence-electron chi connectivity index (χ2n) is 3.75. The van der Waals surface area contributed by atoms with Gasteiger partial charge in [-0.3, -0.25) is 4.98 Å². The molecule has 1 aromatic carbocycles. The molecule has 0 amide bonds. The van der Waals surface area contributed by atoms with Crippen LogP contribution in [-0.4, -0.2) is 10.1 Å². The maximum absolute atomic E-state index is 10.0. The number of rotatable bonds is 3. The van der Waals surface area contributed by atoms with Gasteiger partial charge in [0.2, 0.25) is 0 Å². The van der Waals surface area contributed by atoms with Gasteiger partial charge in [0.25, 0.3) is 0 Å². The minimum atomic E-state index is -0.582. The van der Waals surface area contributed by atoms with Crippen LogP contribution in [0.25, 0.3) is 0 Å². The van der Waals surface area contributed by atoms with Gasteiger partial charge >= 0.3 is 0 Å². The Labute approximate surface area is 110 Å². The van der Waals surface area contributed by atoms with Gasteiger partial charge in [-0.2, -0.15) is 0 Å². The fourth-order valence-electron chi connectivity index (χ4n) is 1.58. The van der Waals surface area contributed by atoms with Crippen molar-refractivity contribution in [2.24, 2.45) is 0 Å². The second kappa shape index (κ2) is 5.50. The summed E-state index contributed by atoms with van der Waals surface area (Å²) in [5, 5.41) is 11.0. The first-order valence-corrected chi connectivity index (χ1v) is 5.94. The first-order valence-electron chi connectivity index (χ1n) is 5.19. The van der Waals surface area contributed by atoms with Gasteiger partial charge in [0.15, 0.2) is 0 Å². The Kier molecular flexibility index (Phi) is 4.00. The van der Waals surface area contributed by atoms with E-state index in [0.29, 0.717) is 16.5 Å². The van der Waals surface area contributed by atoms with Crippen LogP contribution in [-0.2, 0) is 6.42 Å². The zero-order valence-corrected chi connectivity index (χ0v) is 10.5. The first kappa shape index (κ1) is 12.4. The van der Waals surface area contributed by atoms with Crippen molar-refractivity contribution < 1.29 is 5.11 Å². The molecular weight excluding hydrogens is 257 g/mol. The maximum Gasteiger partial charge on any atom is 0.0845 e. The number of benzene rings is 1. The zero-order chi connectivity index (χ0) is 12.3. The number of pyridine rings is 1. The molecule has 4 heteroatoms. The van der Waals surface area contributed by atoms with Crippen molar-refractivity contribution in [3.63, 3.8) is 0 Å². The molecule has 2 aromatic rings. The van der Waals surface area contributed by atoms with Gasteiger partial charge in [-0.15, -0.1) is 0 Å². The van der Waals surface area contributed by atoms with Crippen LogP contribution in [0.15, 0.2) is 42.7 Å². The molecule has 0 spiro atoms. The molecule has 1 heterocycles. The number of hydrogen-bond donors (Lipinski definition) is 1. The predicted molar refractivity (Wildman–Crippen MR) is 69.4 cm³/mol. The van der Waals surface area contributed by atoms with Crippen LogP contribution < -0.4 is 0 Å². The van der Waals surface area contributed by atoms with Crippen molar-refractivity contribution >= 4 is 23.2 Å². The highest BCUT2D eigenvalue weighted by atomic mass is 35.5. The SMILES string of the molecule is OC(Cc1ccc(Cl)c(Cl)c1)c1cccnc1. The van der Waals surface area contributed by atoms with Crippen molar-refractivity contribution in [2.75, 3.05) is 0 Å². The molecule has 0 saturated heterocycles. The summed E-state index contributed by atoms with van der Waals surface area (Å²) >= 11 is 11.7. The normalized spacial score (nSPS) is 12.4. The number of aliphatic hydroxyl groups is 1. The molecule has 0 bridgehead atoms. The lowest BCUT2D eigenvalue weighted by atomic mass is 10.0. The van der Waals surface area contributed by atoms with Gasteiger partial charge in [0, 0.05) is 18.8 Å². The molecule has 0 fully saturated rings. The van der Waals surface area contributed by atoms with E-state index in [4.69, 9.17) is 23.2 Å². The summed E-state index contributed by atoms with van der Waals surface area (Å²) in [6, 6.07) is 9.00. The van der Waals surface area contributed by atoms with Crippen molar-refractivity contribution in [1.82, 2.24) is 4.98 Å². The third-order valence-electron chi connectivity index (χ3n) is 2.48. The minimum absolute atomic E-state index is 0.489. The predicted octanol–water partition coefficient (Wildman–Crippen LogP) is 3.66. The fourth-order valence-corrected chi connectivity index (χ4v) is 1.90. The molecule has 0 radical (unpaired) electrons. The van der Waals surface area contributed by atoms with Crippen molar-refractivity contribution in [3.05, 3.63) is 63.9 Å². The summed E-state index contributed by atoms with van der Waals surface area (Å²) in [4.78, 5) is 3.97. The van der Waals surface area contributed by atoms with E-state index in [1.54, 1.807) is 30.6 Å². The maximum atomic E-state index is 10.0. The van der Waals surface area contributed by atoms with Crippen LogP contribution in [0.1, 0.15) is 17.2 Å². The molecule has 1 atom stereocenters. The van der Waals surface area contributed by atoms with Crippen molar-refractivity contribution in [3.8, 4) is 0 Å². The van der Waals surface area contributed by atoms with Gasteiger partial charge in [-0.1, -0.05) is 35.3 Å². The summed E-state index contributed by atoms with van der Waals surface area (Å²) in [6.45, 7) is 0. The summed E-state index contributed by atoms with van der Waals surface area (Å²) in [5.41, 5.74) is 1.73. The van der Waals surface area contributed by atoms with Gasteiger partial charge in [-0.25, -0.2) is 0 Å². The zero-order valence-electron chi connectivity index (χ0n) is 8.98. The number of halogens is 2. The Bertz CT molecular complexity index is 502. The minimum Gasteiger partial charge on any atom is -0.388 e. The number of aliphatic hydroxyl groups excluding tert-OH is 1. The van der Waals surface area contributed by atoms with Crippen molar-refractivity contribution in [2.45, 2.75) is 12.5 Å². The van der Waals surface area contributed by atoms with Crippen LogP contribution in [0.2, 0.25) is 10.0 Å². The molecule has 0 aliphatic heterocycles. The Morgan fingerprint density at radius 2 is 2.00 bits per heavy atom. The van der Waals surface area contributed by atoms with Crippen LogP contribution in [0.3, 0.4) is 0 Å². The van der Waals surface area contributed by atoms with Gasteiger partial charge in [-0.05, 0) is 29.3 Å². The van der Waals surface area contributed by atoms with Gasteiger partial charge in [0.05, 0.1) is 16.1 Å². The monoisotopic (exact) mass is 267 g/mol. The molecule has 0 aliphatic rings. The molecule has 1 aromatic heterocycles. The van der Waals surface area contributed by atoms with Crippen molar-refractivity contribution in [1.29, 1.82) is 0 Å². The smallest absolute Gasteiger partial charge is 0.0845 e. The fraction of sp³-hybridized carbons (Fsp3) is 0.154. The highest BCUT2D eigenvalue weighted by molar-refractivity contribution is 6.42. The molecule has 1 unspecified atom stereocenters. The highest BCUT2D eigenvalue weighted by Crippen LogP contribution is 2.25. The quantitative estimate of drug-likeness (QED) is 0.921. The highest BCUT2D eigenvalue weighted by Gasteiger charge is 2.09. The van der Waals surface area contributed by atoms with Crippen LogP contribution in [0.4, 0.5) is 0 Å². The van der Waals surface area contributed by atoms with E-state index in [1.807, 2.05) is 12.1 Å². The standard InChI is InChI=1S/C13H11Cl2NO/c14-11-4-3-9(6-12(11)15)7-13(17)10-2-1-5-16-8-10/h1-6,8,13,17H,7H2. The Morgan fingerprint density at radius 3 is 2.65 bits per heavy atom. The molecule has 0 aliphatic carbocycles. The average Bonchev–Trinajstić information content (AvgIpc) is 2.35. The largest absolute Gasteiger partial charge is 0.388 e. The lowest BCUT2D eigenvalue weighted by molar-refractivity contribution is 0.178. The number of aromatic nitrogens is 1. The lowest BCUT2D eigenvalue weighted by Crippen LogP contribution is -2.02. The van der Waals surface area contributed by atoms with E-state index in [2.05, 4.69) is 4.98 Å². The average molecular weight is 268 g/mol.